The molecular formula is C11H12O4. The zero-order valence-corrected chi connectivity index (χ0v) is 8.60. The SMILES string of the molecule is COC1=CC(=O)O[C@H](c2ccco2)[C@H]1C. The van der Waals surface area contributed by atoms with Gasteiger partial charge in [0.15, 0.2) is 6.10 Å². The van der Waals surface area contributed by atoms with Crippen molar-refractivity contribution in [1.29, 1.82) is 0 Å². The number of hydrogen-bond donors (Lipinski definition) is 0. The van der Waals surface area contributed by atoms with Crippen LogP contribution < -0.4 is 0 Å². The van der Waals surface area contributed by atoms with E-state index in [0.717, 1.165) is 0 Å². The third kappa shape index (κ3) is 1.75. The normalized spacial score (nSPS) is 25.7. The average molecular weight is 208 g/mol. The lowest BCUT2D eigenvalue weighted by molar-refractivity contribution is -0.149. The maximum absolute atomic E-state index is 11.3. The van der Waals surface area contributed by atoms with Gasteiger partial charge in [-0.2, -0.15) is 0 Å². The van der Waals surface area contributed by atoms with Gasteiger partial charge in [0.2, 0.25) is 0 Å². The Labute approximate surface area is 87.5 Å². The molecule has 1 aliphatic heterocycles. The molecule has 1 aromatic rings. The molecule has 0 aliphatic carbocycles. The van der Waals surface area contributed by atoms with Gasteiger partial charge in [0.1, 0.15) is 11.5 Å². The molecule has 0 fully saturated rings. The van der Waals surface area contributed by atoms with E-state index in [1.54, 1.807) is 25.5 Å². The van der Waals surface area contributed by atoms with Crippen molar-refractivity contribution < 1.29 is 18.7 Å². The number of rotatable bonds is 2. The van der Waals surface area contributed by atoms with Crippen LogP contribution in [0.5, 0.6) is 0 Å². The van der Waals surface area contributed by atoms with Gasteiger partial charge >= 0.3 is 5.97 Å². The molecule has 1 aliphatic rings. The third-order valence-electron chi connectivity index (χ3n) is 2.47. The largest absolute Gasteiger partial charge is 0.500 e. The fraction of sp³-hybridized carbons (Fsp3) is 0.364. The number of hydrogen-bond acceptors (Lipinski definition) is 4. The summed E-state index contributed by atoms with van der Waals surface area (Å²) in [5, 5.41) is 0. The molecule has 4 heteroatoms. The lowest BCUT2D eigenvalue weighted by atomic mass is 9.98. The number of methoxy groups -OCH3 is 1. The second-order valence-corrected chi connectivity index (χ2v) is 3.41. The Hall–Kier alpha value is -1.71. The molecule has 2 rings (SSSR count). The molecular weight excluding hydrogens is 196 g/mol. The highest BCUT2D eigenvalue weighted by Crippen LogP contribution is 2.34. The lowest BCUT2D eigenvalue weighted by Crippen LogP contribution is -2.24. The summed E-state index contributed by atoms with van der Waals surface area (Å²) in [5.74, 6) is 0.830. The summed E-state index contributed by atoms with van der Waals surface area (Å²) in [6, 6.07) is 3.55. The summed E-state index contributed by atoms with van der Waals surface area (Å²) in [4.78, 5) is 11.3. The number of furan rings is 1. The van der Waals surface area contributed by atoms with Crippen LogP contribution in [0.25, 0.3) is 0 Å². The van der Waals surface area contributed by atoms with Crippen molar-refractivity contribution in [3.8, 4) is 0 Å². The third-order valence-corrected chi connectivity index (χ3v) is 2.47. The highest BCUT2D eigenvalue weighted by molar-refractivity contribution is 5.83. The van der Waals surface area contributed by atoms with E-state index in [0.29, 0.717) is 11.5 Å². The Morgan fingerprint density at radius 3 is 2.87 bits per heavy atom. The smallest absolute Gasteiger partial charge is 0.334 e. The van der Waals surface area contributed by atoms with Crippen LogP contribution in [0.4, 0.5) is 0 Å². The van der Waals surface area contributed by atoms with E-state index in [-0.39, 0.29) is 5.92 Å². The molecule has 2 atom stereocenters. The molecule has 1 aromatic heterocycles. The van der Waals surface area contributed by atoms with Gasteiger partial charge in [-0.1, -0.05) is 6.92 Å². The summed E-state index contributed by atoms with van der Waals surface area (Å²) < 4.78 is 15.5. The fourth-order valence-corrected chi connectivity index (χ4v) is 1.66. The second-order valence-electron chi connectivity index (χ2n) is 3.41. The number of carbonyl (C=O) groups is 1. The van der Waals surface area contributed by atoms with E-state index in [4.69, 9.17) is 13.9 Å². The van der Waals surface area contributed by atoms with E-state index in [2.05, 4.69) is 0 Å². The van der Waals surface area contributed by atoms with Crippen molar-refractivity contribution in [2.24, 2.45) is 5.92 Å². The Balaban J connectivity index is 2.29. The maximum atomic E-state index is 11.3. The first kappa shape index (κ1) is 9.83. The quantitative estimate of drug-likeness (QED) is 0.698. The van der Waals surface area contributed by atoms with Gasteiger partial charge in [0.05, 0.1) is 25.4 Å². The molecule has 0 saturated carbocycles. The molecule has 0 amide bonds. The van der Waals surface area contributed by atoms with Crippen molar-refractivity contribution >= 4 is 5.97 Å². The van der Waals surface area contributed by atoms with Crippen LogP contribution in [0.15, 0.2) is 34.6 Å². The monoisotopic (exact) mass is 208 g/mol. The van der Waals surface area contributed by atoms with Gasteiger partial charge in [0, 0.05) is 0 Å². The number of ether oxygens (including phenoxy) is 2. The Kier molecular flexibility index (Phi) is 2.49. The molecule has 80 valence electrons. The summed E-state index contributed by atoms with van der Waals surface area (Å²) in [6.45, 7) is 1.93. The highest BCUT2D eigenvalue weighted by Gasteiger charge is 2.33. The van der Waals surface area contributed by atoms with Crippen LogP contribution in [0.2, 0.25) is 0 Å². The Morgan fingerprint density at radius 2 is 2.27 bits per heavy atom. The molecule has 0 N–H and O–H groups in total. The van der Waals surface area contributed by atoms with Crippen molar-refractivity contribution in [3.05, 3.63) is 36.0 Å². The molecule has 0 bridgehead atoms. The summed E-state index contributed by atoms with van der Waals surface area (Å²) >= 11 is 0. The van der Waals surface area contributed by atoms with E-state index < -0.39 is 12.1 Å². The Morgan fingerprint density at radius 1 is 1.47 bits per heavy atom. The molecule has 4 nitrogen and oxygen atoms in total. The topological polar surface area (TPSA) is 48.7 Å². The molecule has 2 heterocycles. The maximum Gasteiger partial charge on any atom is 0.334 e. The van der Waals surface area contributed by atoms with Crippen LogP contribution in [0.3, 0.4) is 0 Å². The summed E-state index contributed by atoms with van der Waals surface area (Å²) in [7, 11) is 1.54. The molecule has 0 spiro atoms. The van der Waals surface area contributed by atoms with E-state index >= 15 is 0 Å². The zero-order chi connectivity index (χ0) is 10.8. The van der Waals surface area contributed by atoms with E-state index in [1.807, 2.05) is 6.92 Å². The van der Waals surface area contributed by atoms with Crippen LogP contribution in [0, 0.1) is 5.92 Å². The van der Waals surface area contributed by atoms with Crippen molar-refractivity contribution in [1.82, 2.24) is 0 Å². The minimum atomic E-state index is -0.397. The van der Waals surface area contributed by atoms with Crippen LogP contribution in [0.1, 0.15) is 18.8 Å². The fourth-order valence-electron chi connectivity index (χ4n) is 1.66. The summed E-state index contributed by atoms with van der Waals surface area (Å²) in [6.07, 6.45) is 2.53. The van der Waals surface area contributed by atoms with Crippen LogP contribution in [-0.4, -0.2) is 13.1 Å². The van der Waals surface area contributed by atoms with Gasteiger partial charge in [0.25, 0.3) is 0 Å². The molecule has 0 radical (unpaired) electrons. The van der Waals surface area contributed by atoms with Gasteiger partial charge < -0.3 is 13.9 Å². The molecule has 0 aromatic carbocycles. The minimum Gasteiger partial charge on any atom is -0.500 e. The van der Waals surface area contributed by atoms with Gasteiger partial charge in [-0.25, -0.2) is 4.79 Å². The second kappa shape index (κ2) is 3.81. The minimum absolute atomic E-state index is 0.0288. The zero-order valence-electron chi connectivity index (χ0n) is 8.60. The molecule has 15 heavy (non-hydrogen) atoms. The van der Waals surface area contributed by atoms with Crippen LogP contribution in [-0.2, 0) is 14.3 Å². The van der Waals surface area contributed by atoms with E-state index in [1.165, 1.54) is 6.08 Å². The van der Waals surface area contributed by atoms with Crippen LogP contribution >= 0.6 is 0 Å². The van der Waals surface area contributed by atoms with Gasteiger partial charge in [-0.15, -0.1) is 0 Å². The predicted molar refractivity (Wildman–Crippen MR) is 51.8 cm³/mol. The highest BCUT2D eigenvalue weighted by atomic mass is 16.6. The Bertz CT molecular complexity index is 377. The van der Waals surface area contributed by atoms with E-state index in [9.17, 15) is 4.79 Å². The number of cyclic esters (lactones) is 1. The number of carbonyl (C=O) groups excluding carboxylic acids is 1. The molecule has 0 saturated heterocycles. The first-order valence-corrected chi connectivity index (χ1v) is 4.72. The van der Waals surface area contributed by atoms with Crippen molar-refractivity contribution in [2.75, 3.05) is 7.11 Å². The number of esters is 1. The van der Waals surface area contributed by atoms with Gasteiger partial charge in [-0.3, -0.25) is 0 Å². The lowest BCUT2D eigenvalue weighted by Gasteiger charge is -2.26. The summed E-state index contributed by atoms with van der Waals surface area (Å²) in [5.41, 5.74) is 0. The molecule has 0 unspecified atom stereocenters. The van der Waals surface area contributed by atoms with Crippen molar-refractivity contribution in [2.45, 2.75) is 13.0 Å². The van der Waals surface area contributed by atoms with Gasteiger partial charge in [-0.05, 0) is 12.1 Å². The first-order valence-electron chi connectivity index (χ1n) is 4.72. The standard InChI is InChI=1S/C11H12O4/c1-7-9(13-2)6-10(12)15-11(7)8-4-3-5-14-8/h3-7,11H,1-2H3/t7-,11-/m0/s1. The van der Waals surface area contributed by atoms with Crippen molar-refractivity contribution in [3.63, 3.8) is 0 Å². The average Bonchev–Trinajstić information content (AvgIpc) is 2.74. The first-order chi connectivity index (χ1) is 7.22. The predicted octanol–water partition coefficient (Wildman–Crippen LogP) is 2.04.